The third-order valence-corrected chi connectivity index (χ3v) is 4.48. The van der Waals surface area contributed by atoms with Crippen LogP contribution in [-0.2, 0) is 16.0 Å². The summed E-state index contributed by atoms with van der Waals surface area (Å²) in [5.74, 6) is -0.0888. The van der Waals surface area contributed by atoms with Crippen molar-refractivity contribution in [3.05, 3.63) is 22.4 Å². The minimum absolute atomic E-state index is 0.0888. The van der Waals surface area contributed by atoms with Crippen LogP contribution in [0.15, 0.2) is 17.5 Å². The zero-order valence-corrected chi connectivity index (χ0v) is 10.8. The standard InChI is InChI=1S/C13H19NO2S/c14-10-13(6-1-2-7-13)12(15)16-8-5-11-4-3-9-17-11/h3-4,9H,1-2,5-8,10,14H2. The summed E-state index contributed by atoms with van der Waals surface area (Å²) in [5.41, 5.74) is 5.36. The van der Waals surface area contributed by atoms with E-state index in [1.54, 1.807) is 11.3 Å². The lowest BCUT2D eigenvalue weighted by molar-refractivity contribution is -0.155. The van der Waals surface area contributed by atoms with E-state index in [1.807, 2.05) is 11.4 Å². The Kier molecular flexibility index (Phi) is 4.18. The van der Waals surface area contributed by atoms with E-state index in [2.05, 4.69) is 6.07 Å². The average Bonchev–Trinajstić information content (AvgIpc) is 3.00. The van der Waals surface area contributed by atoms with Gasteiger partial charge in [-0.2, -0.15) is 0 Å². The molecule has 0 unspecified atom stereocenters. The van der Waals surface area contributed by atoms with E-state index in [4.69, 9.17) is 10.5 Å². The Morgan fingerprint density at radius 2 is 2.24 bits per heavy atom. The first-order valence-corrected chi connectivity index (χ1v) is 7.04. The summed E-state index contributed by atoms with van der Waals surface area (Å²) in [5, 5.41) is 2.04. The van der Waals surface area contributed by atoms with Crippen LogP contribution < -0.4 is 5.73 Å². The summed E-state index contributed by atoms with van der Waals surface area (Å²) < 4.78 is 5.38. The van der Waals surface area contributed by atoms with Gasteiger partial charge in [0.1, 0.15) is 0 Å². The molecule has 0 bridgehead atoms. The van der Waals surface area contributed by atoms with Crippen molar-refractivity contribution in [3.63, 3.8) is 0 Å². The zero-order chi connectivity index (χ0) is 12.1. The van der Waals surface area contributed by atoms with E-state index < -0.39 is 0 Å². The Labute approximate surface area is 106 Å². The first-order chi connectivity index (χ1) is 8.27. The second kappa shape index (κ2) is 5.65. The Morgan fingerprint density at radius 1 is 1.47 bits per heavy atom. The highest BCUT2D eigenvalue weighted by Gasteiger charge is 2.41. The van der Waals surface area contributed by atoms with Crippen molar-refractivity contribution in [1.82, 2.24) is 0 Å². The van der Waals surface area contributed by atoms with Crippen molar-refractivity contribution < 1.29 is 9.53 Å². The zero-order valence-electron chi connectivity index (χ0n) is 9.98. The second-order valence-corrected chi connectivity index (χ2v) is 5.69. The molecule has 0 aromatic carbocycles. The highest BCUT2D eigenvalue weighted by atomic mass is 32.1. The molecule has 1 aromatic heterocycles. The van der Waals surface area contributed by atoms with Crippen molar-refractivity contribution in [3.8, 4) is 0 Å². The van der Waals surface area contributed by atoms with Crippen molar-refractivity contribution in [2.45, 2.75) is 32.1 Å². The van der Waals surface area contributed by atoms with Crippen molar-refractivity contribution in [1.29, 1.82) is 0 Å². The van der Waals surface area contributed by atoms with Gasteiger partial charge in [0.25, 0.3) is 0 Å². The van der Waals surface area contributed by atoms with Crippen LogP contribution in [0.25, 0.3) is 0 Å². The van der Waals surface area contributed by atoms with E-state index in [9.17, 15) is 4.79 Å². The van der Waals surface area contributed by atoms with Crippen LogP contribution in [-0.4, -0.2) is 19.1 Å². The number of esters is 1. The molecule has 0 spiro atoms. The molecule has 4 heteroatoms. The quantitative estimate of drug-likeness (QED) is 0.820. The molecule has 1 saturated carbocycles. The Bertz CT molecular complexity index is 356. The summed E-state index contributed by atoms with van der Waals surface area (Å²) in [6.45, 7) is 0.895. The summed E-state index contributed by atoms with van der Waals surface area (Å²) in [4.78, 5) is 13.3. The predicted molar refractivity (Wildman–Crippen MR) is 68.9 cm³/mol. The van der Waals surface area contributed by atoms with Gasteiger partial charge in [0.15, 0.2) is 0 Å². The van der Waals surface area contributed by atoms with Crippen LogP contribution in [0.5, 0.6) is 0 Å². The molecule has 3 nitrogen and oxygen atoms in total. The molecule has 0 aliphatic heterocycles. The molecule has 17 heavy (non-hydrogen) atoms. The van der Waals surface area contributed by atoms with Gasteiger partial charge in [-0.3, -0.25) is 4.79 Å². The summed E-state index contributed by atoms with van der Waals surface area (Å²) in [6.07, 6.45) is 4.78. The number of ether oxygens (including phenoxy) is 1. The molecule has 1 aromatic rings. The summed E-state index contributed by atoms with van der Waals surface area (Å²) >= 11 is 1.70. The third kappa shape index (κ3) is 2.87. The van der Waals surface area contributed by atoms with E-state index in [-0.39, 0.29) is 11.4 Å². The lowest BCUT2D eigenvalue weighted by atomic mass is 9.86. The Morgan fingerprint density at radius 3 is 2.82 bits per heavy atom. The number of carbonyl (C=O) groups is 1. The minimum atomic E-state index is -0.380. The predicted octanol–water partition coefficient (Wildman–Crippen LogP) is 2.35. The molecule has 94 valence electrons. The average molecular weight is 253 g/mol. The Hall–Kier alpha value is -0.870. The highest BCUT2D eigenvalue weighted by Crippen LogP contribution is 2.38. The van der Waals surface area contributed by atoms with Gasteiger partial charge in [-0.15, -0.1) is 11.3 Å². The monoisotopic (exact) mass is 253 g/mol. The van der Waals surface area contributed by atoms with Crippen molar-refractivity contribution in [2.75, 3.05) is 13.2 Å². The highest BCUT2D eigenvalue weighted by molar-refractivity contribution is 7.09. The molecule has 1 aliphatic rings. The Balaban J connectivity index is 1.80. The molecule has 2 N–H and O–H groups in total. The van der Waals surface area contributed by atoms with Crippen LogP contribution in [0.1, 0.15) is 30.6 Å². The molecule has 1 aliphatic carbocycles. The smallest absolute Gasteiger partial charge is 0.313 e. The summed E-state index contributed by atoms with van der Waals surface area (Å²) in [6, 6.07) is 4.08. The van der Waals surface area contributed by atoms with Crippen LogP contribution in [0.4, 0.5) is 0 Å². The maximum atomic E-state index is 12.0. The van der Waals surface area contributed by atoms with E-state index in [0.717, 1.165) is 32.1 Å². The maximum absolute atomic E-state index is 12.0. The minimum Gasteiger partial charge on any atom is -0.465 e. The second-order valence-electron chi connectivity index (χ2n) is 4.66. The molecule has 1 fully saturated rings. The largest absolute Gasteiger partial charge is 0.465 e. The molecular weight excluding hydrogens is 234 g/mol. The van der Waals surface area contributed by atoms with Gasteiger partial charge >= 0.3 is 5.97 Å². The molecular formula is C13H19NO2S. The van der Waals surface area contributed by atoms with Crippen LogP contribution in [0, 0.1) is 5.41 Å². The fourth-order valence-electron chi connectivity index (χ4n) is 2.40. The molecule has 0 radical (unpaired) electrons. The number of rotatable bonds is 5. The van der Waals surface area contributed by atoms with Gasteiger partial charge in [0.05, 0.1) is 12.0 Å². The lowest BCUT2D eigenvalue weighted by Crippen LogP contribution is -2.37. The fraction of sp³-hybridized carbons (Fsp3) is 0.615. The third-order valence-electron chi connectivity index (χ3n) is 3.55. The first-order valence-electron chi connectivity index (χ1n) is 6.16. The van der Waals surface area contributed by atoms with Crippen molar-refractivity contribution in [2.24, 2.45) is 11.1 Å². The number of nitrogens with two attached hydrogens (primary N) is 1. The van der Waals surface area contributed by atoms with Gasteiger partial charge in [-0.05, 0) is 24.3 Å². The number of thiophene rings is 1. The molecule has 0 saturated heterocycles. The van der Waals surface area contributed by atoms with Gasteiger partial charge < -0.3 is 10.5 Å². The SMILES string of the molecule is NCC1(C(=O)OCCc2cccs2)CCCC1. The molecule has 0 amide bonds. The normalized spacial score (nSPS) is 18.2. The summed E-state index contributed by atoms with van der Waals surface area (Å²) in [7, 11) is 0. The van der Waals surface area contributed by atoms with E-state index >= 15 is 0 Å². The number of carbonyl (C=O) groups excluding carboxylic acids is 1. The van der Waals surface area contributed by atoms with Gasteiger partial charge in [-0.25, -0.2) is 0 Å². The molecule has 1 heterocycles. The van der Waals surface area contributed by atoms with Crippen LogP contribution in [0.3, 0.4) is 0 Å². The number of hydrogen-bond donors (Lipinski definition) is 1. The van der Waals surface area contributed by atoms with Crippen molar-refractivity contribution >= 4 is 17.3 Å². The molecule has 0 atom stereocenters. The number of hydrogen-bond acceptors (Lipinski definition) is 4. The van der Waals surface area contributed by atoms with E-state index in [0.29, 0.717) is 13.2 Å². The lowest BCUT2D eigenvalue weighted by Gasteiger charge is -2.24. The topological polar surface area (TPSA) is 52.3 Å². The van der Waals surface area contributed by atoms with Gasteiger partial charge in [0.2, 0.25) is 0 Å². The fourth-order valence-corrected chi connectivity index (χ4v) is 3.09. The van der Waals surface area contributed by atoms with E-state index in [1.165, 1.54) is 4.88 Å². The molecule has 2 rings (SSSR count). The van der Waals surface area contributed by atoms with Crippen LogP contribution in [0.2, 0.25) is 0 Å². The first kappa shape index (κ1) is 12.6. The maximum Gasteiger partial charge on any atom is 0.313 e. The van der Waals surface area contributed by atoms with Gasteiger partial charge in [0, 0.05) is 17.8 Å². The van der Waals surface area contributed by atoms with Gasteiger partial charge in [-0.1, -0.05) is 18.9 Å². The van der Waals surface area contributed by atoms with Crippen LogP contribution >= 0.6 is 11.3 Å².